The van der Waals surface area contributed by atoms with Crippen molar-refractivity contribution in [3.05, 3.63) is 30.1 Å². The van der Waals surface area contributed by atoms with Gasteiger partial charge in [0.15, 0.2) is 0 Å². The molecule has 0 bridgehead atoms. The Balaban J connectivity index is 0.00000128. The standard InChI is InChI=1S/C12H16N2O.2ClH/c13-12(15)10-6-4-9(5-7-10)11-3-1-2-8-14-11;;/h1-3,8-10H,4-7H2,(H2,13,15);2*1H. The minimum absolute atomic E-state index is 0. The molecule has 1 heterocycles. The van der Waals surface area contributed by atoms with Gasteiger partial charge < -0.3 is 5.73 Å². The lowest BCUT2D eigenvalue weighted by Crippen LogP contribution is -2.27. The van der Waals surface area contributed by atoms with Crippen molar-refractivity contribution in [3.63, 3.8) is 0 Å². The summed E-state index contributed by atoms with van der Waals surface area (Å²) in [6.07, 6.45) is 5.72. The van der Waals surface area contributed by atoms with Gasteiger partial charge in [-0.3, -0.25) is 9.78 Å². The van der Waals surface area contributed by atoms with Crippen LogP contribution in [0.1, 0.15) is 37.3 Å². The summed E-state index contributed by atoms with van der Waals surface area (Å²) in [6, 6.07) is 6.01. The maximum atomic E-state index is 11.0. The molecule has 1 amide bonds. The van der Waals surface area contributed by atoms with Crippen molar-refractivity contribution < 1.29 is 4.79 Å². The van der Waals surface area contributed by atoms with Crippen molar-refractivity contribution >= 4 is 30.7 Å². The number of primary amides is 1. The van der Waals surface area contributed by atoms with Gasteiger partial charge in [0.2, 0.25) is 5.91 Å². The SMILES string of the molecule is Cl.Cl.NC(=O)C1CCC(c2ccccn2)CC1. The fourth-order valence-electron chi connectivity index (χ4n) is 2.29. The molecule has 3 nitrogen and oxygen atoms in total. The maximum Gasteiger partial charge on any atom is 0.220 e. The van der Waals surface area contributed by atoms with Crippen LogP contribution in [0.2, 0.25) is 0 Å². The molecule has 96 valence electrons. The highest BCUT2D eigenvalue weighted by Gasteiger charge is 2.25. The Bertz CT molecular complexity index is 338. The predicted molar refractivity (Wildman–Crippen MR) is 72.6 cm³/mol. The Kier molecular flexibility index (Phi) is 7.16. The van der Waals surface area contributed by atoms with Gasteiger partial charge in [0, 0.05) is 23.7 Å². The van der Waals surface area contributed by atoms with Crippen molar-refractivity contribution in [1.82, 2.24) is 4.98 Å². The van der Waals surface area contributed by atoms with Gasteiger partial charge in [-0.15, -0.1) is 24.8 Å². The zero-order valence-electron chi connectivity index (χ0n) is 9.54. The Morgan fingerprint density at radius 2 is 1.82 bits per heavy atom. The largest absolute Gasteiger partial charge is 0.369 e. The van der Waals surface area contributed by atoms with Crippen LogP contribution in [0, 0.1) is 5.92 Å². The number of pyridine rings is 1. The molecular formula is C12H18Cl2N2O. The number of halogens is 2. The van der Waals surface area contributed by atoms with Gasteiger partial charge in [0.05, 0.1) is 0 Å². The first kappa shape index (κ1) is 16.2. The van der Waals surface area contributed by atoms with E-state index < -0.39 is 0 Å². The maximum absolute atomic E-state index is 11.0. The minimum atomic E-state index is -0.144. The van der Waals surface area contributed by atoms with Gasteiger partial charge in [-0.1, -0.05) is 6.07 Å². The molecule has 2 rings (SSSR count). The molecule has 2 N–H and O–H groups in total. The Labute approximate surface area is 114 Å². The van der Waals surface area contributed by atoms with Crippen LogP contribution in [0.5, 0.6) is 0 Å². The first-order valence-electron chi connectivity index (χ1n) is 5.47. The Morgan fingerprint density at radius 3 is 2.29 bits per heavy atom. The normalized spacial score (nSPS) is 23.1. The van der Waals surface area contributed by atoms with Gasteiger partial charge >= 0.3 is 0 Å². The molecule has 17 heavy (non-hydrogen) atoms. The quantitative estimate of drug-likeness (QED) is 0.903. The molecule has 1 fully saturated rings. The summed E-state index contributed by atoms with van der Waals surface area (Å²) in [4.78, 5) is 15.4. The molecule has 0 radical (unpaired) electrons. The van der Waals surface area contributed by atoms with E-state index in [1.54, 1.807) is 0 Å². The molecule has 5 heteroatoms. The predicted octanol–water partition coefficient (Wildman–Crippen LogP) is 2.68. The molecule has 1 aromatic rings. The second-order valence-corrected chi connectivity index (χ2v) is 4.21. The second-order valence-electron chi connectivity index (χ2n) is 4.21. The van der Waals surface area contributed by atoms with Crippen LogP contribution >= 0.6 is 24.8 Å². The lowest BCUT2D eigenvalue weighted by Gasteiger charge is -2.26. The fraction of sp³-hybridized carbons (Fsp3) is 0.500. The van der Waals surface area contributed by atoms with Gasteiger partial charge in [-0.25, -0.2) is 0 Å². The monoisotopic (exact) mass is 276 g/mol. The number of nitrogens with zero attached hydrogens (tertiary/aromatic N) is 1. The van der Waals surface area contributed by atoms with E-state index in [0.717, 1.165) is 31.4 Å². The molecule has 0 aromatic carbocycles. The van der Waals surface area contributed by atoms with Crippen LogP contribution in [0.4, 0.5) is 0 Å². The number of amides is 1. The van der Waals surface area contributed by atoms with Gasteiger partial charge in [0.25, 0.3) is 0 Å². The van der Waals surface area contributed by atoms with E-state index in [2.05, 4.69) is 11.1 Å². The van der Waals surface area contributed by atoms with Crippen LogP contribution < -0.4 is 5.73 Å². The molecule has 0 unspecified atom stereocenters. The summed E-state index contributed by atoms with van der Waals surface area (Å²) in [7, 11) is 0. The molecule has 1 saturated carbocycles. The van der Waals surface area contributed by atoms with E-state index in [1.165, 1.54) is 0 Å². The van der Waals surface area contributed by atoms with Crippen molar-refractivity contribution in [2.75, 3.05) is 0 Å². The van der Waals surface area contributed by atoms with Crippen LogP contribution in [0.15, 0.2) is 24.4 Å². The van der Waals surface area contributed by atoms with Crippen LogP contribution in [0.25, 0.3) is 0 Å². The van der Waals surface area contributed by atoms with E-state index in [0.29, 0.717) is 5.92 Å². The molecule has 0 saturated heterocycles. The summed E-state index contributed by atoms with van der Waals surface area (Å²) < 4.78 is 0. The third-order valence-corrected chi connectivity index (χ3v) is 3.24. The smallest absolute Gasteiger partial charge is 0.220 e. The molecule has 1 aliphatic rings. The summed E-state index contributed by atoms with van der Waals surface area (Å²) in [5.74, 6) is 0.459. The third-order valence-electron chi connectivity index (χ3n) is 3.24. The number of rotatable bonds is 2. The fourth-order valence-corrected chi connectivity index (χ4v) is 2.29. The number of hydrogen-bond donors (Lipinski definition) is 1. The topological polar surface area (TPSA) is 56.0 Å². The second kappa shape index (κ2) is 7.51. The van der Waals surface area contributed by atoms with E-state index in [4.69, 9.17) is 5.73 Å². The molecule has 0 spiro atoms. The number of carbonyl (C=O) groups excluding carboxylic acids is 1. The van der Waals surface area contributed by atoms with E-state index in [-0.39, 0.29) is 36.6 Å². The summed E-state index contributed by atoms with van der Waals surface area (Å²) >= 11 is 0. The van der Waals surface area contributed by atoms with Crippen LogP contribution in [0.3, 0.4) is 0 Å². The van der Waals surface area contributed by atoms with Crippen molar-refractivity contribution in [3.8, 4) is 0 Å². The highest BCUT2D eigenvalue weighted by Crippen LogP contribution is 2.34. The molecular weight excluding hydrogens is 259 g/mol. The van der Waals surface area contributed by atoms with Crippen molar-refractivity contribution in [2.45, 2.75) is 31.6 Å². The zero-order valence-corrected chi connectivity index (χ0v) is 11.2. The third kappa shape index (κ3) is 4.17. The van der Waals surface area contributed by atoms with Crippen LogP contribution in [-0.4, -0.2) is 10.9 Å². The first-order chi connectivity index (χ1) is 7.27. The lowest BCUT2D eigenvalue weighted by molar-refractivity contribution is -0.122. The van der Waals surface area contributed by atoms with E-state index in [9.17, 15) is 4.79 Å². The zero-order chi connectivity index (χ0) is 10.7. The van der Waals surface area contributed by atoms with Gasteiger partial charge in [-0.2, -0.15) is 0 Å². The van der Waals surface area contributed by atoms with Crippen molar-refractivity contribution in [1.29, 1.82) is 0 Å². The highest BCUT2D eigenvalue weighted by atomic mass is 35.5. The summed E-state index contributed by atoms with van der Waals surface area (Å²) in [5.41, 5.74) is 6.45. The number of aromatic nitrogens is 1. The Hall–Kier alpha value is -0.800. The number of carbonyl (C=O) groups is 1. The summed E-state index contributed by atoms with van der Waals surface area (Å²) in [6.45, 7) is 0. The van der Waals surface area contributed by atoms with Crippen LogP contribution in [-0.2, 0) is 4.79 Å². The number of nitrogens with two attached hydrogens (primary N) is 1. The average molecular weight is 277 g/mol. The van der Waals surface area contributed by atoms with Gasteiger partial charge in [-0.05, 0) is 37.8 Å². The molecule has 1 aliphatic carbocycles. The minimum Gasteiger partial charge on any atom is -0.369 e. The molecule has 1 aromatic heterocycles. The Morgan fingerprint density at radius 1 is 1.18 bits per heavy atom. The number of hydrogen-bond acceptors (Lipinski definition) is 2. The average Bonchev–Trinajstić information content (AvgIpc) is 2.30. The van der Waals surface area contributed by atoms with Crippen molar-refractivity contribution in [2.24, 2.45) is 11.7 Å². The summed E-state index contributed by atoms with van der Waals surface area (Å²) in [5, 5.41) is 0. The lowest BCUT2D eigenvalue weighted by atomic mass is 9.80. The molecule has 0 atom stereocenters. The molecule has 0 aliphatic heterocycles. The van der Waals surface area contributed by atoms with E-state index >= 15 is 0 Å². The first-order valence-corrected chi connectivity index (χ1v) is 5.47. The highest BCUT2D eigenvalue weighted by molar-refractivity contribution is 5.85. The van der Waals surface area contributed by atoms with E-state index in [1.807, 2.05) is 18.3 Å². The van der Waals surface area contributed by atoms with Gasteiger partial charge in [0.1, 0.15) is 0 Å².